The van der Waals surface area contributed by atoms with Gasteiger partial charge in [-0.15, -0.1) is 0 Å². The third kappa shape index (κ3) is 3.64. The van der Waals surface area contributed by atoms with Crippen LogP contribution in [-0.2, 0) is 17.8 Å². The number of halogens is 1. The highest BCUT2D eigenvalue weighted by Crippen LogP contribution is 2.26. The van der Waals surface area contributed by atoms with Crippen LogP contribution in [0.1, 0.15) is 12.0 Å². The molecule has 0 unspecified atom stereocenters. The second-order valence-corrected chi connectivity index (χ2v) is 6.96. The van der Waals surface area contributed by atoms with Crippen LogP contribution in [0.4, 0.5) is 5.69 Å². The molecule has 0 N–H and O–H groups in total. The molecule has 2 heterocycles. The predicted molar refractivity (Wildman–Crippen MR) is 106 cm³/mol. The Labute approximate surface area is 161 Å². The molecule has 1 aliphatic heterocycles. The number of hydrogen-bond donors (Lipinski definition) is 0. The second-order valence-electron chi connectivity index (χ2n) is 6.52. The molecule has 0 bridgehead atoms. The van der Waals surface area contributed by atoms with Gasteiger partial charge < -0.3 is 4.90 Å². The van der Waals surface area contributed by atoms with Crippen molar-refractivity contribution in [3.63, 3.8) is 0 Å². The summed E-state index contributed by atoms with van der Waals surface area (Å²) in [4.78, 5) is 31.4. The number of carbonyl (C=O) groups excluding carboxylic acids is 1. The molecule has 2 aromatic carbocycles. The van der Waals surface area contributed by atoms with Crippen molar-refractivity contribution in [1.82, 2.24) is 9.55 Å². The molecule has 0 spiro atoms. The minimum atomic E-state index is -0.256. The first-order chi connectivity index (χ1) is 13.1. The van der Waals surface area contributed by atoms with Crippen LogP contribution in [0, 0.1) is 0 Å². The minimum Gasteiger partial charge on any atom is -0.311 e. The Bertz CT molecular complexity index is 1040. The van der Waals surface area contributed by atoms with Gasteiger partial charge in [0.15, 0.2) is 0 Å². The number of aromatic nitrogens is 2. The third-order valence-electron chi connectivity index (χ3n) is 4.74. The monoisotopic (exact) mass is 379 g/mol. The van der Waals surface area contributed by atoms with Gasteiger partial charge in [0, 0.05) is 28.9 Å². The Kier molecular flexibility index (Phi) is 4.77. The van der Waals surface area contributed by atoms with E-state index in [-0.39, 0.29) is 18.0 Å². The zero-order valence-electron chi connectivity index (χ0n) is 14.6. The Hall–Kier alpha value is -2.92. The Morgan fingerprint density at radius 1 is 1.11 bits per heavy atom. The molecular formula is C21H18ClN3O2. The summed E-state index contributed by atoms with van der Waals surface area (Å²) in [5, 5.41) is 0.625. The second kappa shape index (κ2) is 7.37. The number of para-hydroxylation sites is 1. The first kappa shape index (κ1) is 17.5. The van der Waals surface area contributed by atoms with E-state index in [1.807, 2.05) is 36.4 Å². The van der Waals surface area contributed by atoms with Crippen LogP contribution in [-0.4, -0.2) is 22.0 Å². The van der Waals surface area contributed by atoms with Crippen molar-refractivity contribution in [3.05, 3.63) is 81.9 Å². The van der Waals surface area contributed by atoms with E-state index in [0.717, 1.165) is 24.1 Å². The molecule has 0 aliphatic carbocycles. The average molecular weight is 380 g/mol. The number of nitrogens with zero attached hydrogens (tertiary/aromatic N) is 3. The summed E-state index contributed by atoms with van der Waals surface area (Å²) in [6, 6.07) is 16.5. The van der Waals surface area contributed by atoms with Gasteiger partial charge in [-0.05, 0) is 36.6 Å². The molecule has 4 rings (SSSR count). The first-order valence-electron chi connectivity index (χ1n) is 8.82. The molecule has 1 amide bonds. The highest BCUT2D eigenvalue weighted by molar-refractivity contribution is 6.30. The van der Waals surface area contributed by atoms with Crippen LogP contribution in [0.5, 0.6) is 0 Å². The fourth-order valence-corrected chi connectivity index (χ4v) is 3.47. The lowest BCUT2D eigenvalue weighted by Gasteiger charge is -2.29. The van der Waals surface area contributed by atoms with Crippen molar-refractivity contribution in [3.8, 4) is 11.3 Å². The van der Waals surface area contributed by atoms with E-state index in [9.17, 15) is 9.59 Å². The zero-order valence-corrected chi connectivity index (χ0v) is 15.4. The summed E-state index contributed by atoms with van der Waals surface area (Å²) in [6.07, 6.45) is 3.32. The van der Waals surface area contributed by atoms with Crippen LogP contribution in [0.15, 0.2) is 65.7 Å². The maximum Gasteiger partial charge on any atom is 0.254 e. The highest BCUT2D eigenvalue weighted by Gasteiger charge is 2.22. The molecule has 0 saturated heterocycles. The van der Waals surface area contributed by atoms with E-state index >= 15 is 0 Å². The molecule has 3 aromatic rings. The fourth-order valence-electron chi connectivity index (χ4n) is 3.35. The zero-order chi connectivity index (χ0) is 18.8. The summed E-state index contributed by atoms with van der Waals surface area (Å²) in [6.45, 7) is 0.641. The van der Waals surface area contributed by atoms with Crippen molar-refractivity contribution >= 4 is 23.2 Å². The average Bonchev–Trinajstić information content (AvgIpc) is 2.69. The maximum atomic E-state index is 12.8. The van der Waals surface area contributed by atoms with Crippen LogP contribution in [0.25, 0.3) is 11.3 Å². The van der Waals surface area contributed by atoms with Gasteiger partial charge in [0.1, 0.15) is 6.54 Å². The van der Waals surface area contributed by atoms with Crippen LogP contribution in [0.2, 0.25) is 5.02 Å². The molecular weight excluding hydrogens is 362 g/mol. The Morgan fingerprint density at radius 3 is 2.67 bits per heavy atom. The topological polar surface area (TPSA) is 55.2 Å². The van der Waals surface area contributed by atoms with Crippen LogP contribution >= 0.6 is 11.6 Å². The molecule has 0 saturated carbocycles. The summed E-state index contributed by atoms with van der Waals surface area (Å²) < 4.78 is 1.35. The number of rotatable bonds is 3. The van der Waals surface area contributed by atoms with E-state index in [0.29, 0.717) is 17.3 Å². The number of fused-ring (bicyclic) bond motifs is 1. The number of aryl methyl sites for hydroxylation is 1. The quantitative estimate of drug-likeness (QED) is 0.699. The summed E-state index contributed by atoms with van der Waals surface area (Å²) in [5.74, 6) is -0.106. The number of anilines is 1. The van der Waals surface area contributed by atoms with Gasteiger partial charge in [0.2, 0.25) is 5.91 Å². The lowest BCUT2D eigenvalue weighted by molar-refractivity contribution is -0.119. The predicted octanol–water partition coefficient (Wildman–Crippen LogP) is 3.54. The number of amides is 1. The third-order valence-corrected chi connectivity index (χ3v) is 4.99. The Morgan fingerprint density at radius 2 is 1.89 bits per heavy atom. The van der Waals surface area contributed by atoms with Crippen molar-refractivity contribution in [2.45, 2.75) is 19.4 Å². The molecule has 0 atom stereocenters. The van der Waals surface area contributed by atoms with Crippen molar-refractivity contribution in [1.29, 1.82) is 0 Å². The Balaban J connectivity index is 1.56. The van der Waals surface area contributed by atoms with E-state index in [2.05, 4.69) is 4.98 Å². The standard InChI is InChI=1S/C21H18ClN3O2/c22-17-9-7-15(8-10-17)18-12-20(26)24(14-23-18)13-21(27)25-11-3-5-16-4-1-2-6-19(16)25/h1-2,4,6-10,12,14H,3,5,11,13H2. The number of benzene rings is 2. The highest BCUT2D eigenvalue weighted by atomic mass is 35.5. The van der Waals surface area contributed by atoms with Gasteiger partial charge >= 0.3 is 0 Å². The van der Waals surface area contributed by atoms with Crippen molar-refractivity contribution in [2.24, 2.45) is 0 Å². The van der Waals surface area contributed by atoms with Gasteiger partial charge in [0.05, 0.1) is 12.0 Å². The fraction of sp³-hybridized carbons (Fsp3) is 0.190. The lowest BCUT2D eigenvalue weighted by Crippen LogP contribution is -2.39. The largest absolute Gasteiger partial charge is 0.311 e. The molecule has 136 valence electrons. The summed E-state index contributed by atoms with van der Waals surface area (Å²) in [5.41, 5.74) is 3.21. The molecule has 1 aromatic heterocycles. The molecule has 0 radical (unpaired) electrons. The van der Waals surface area contributed by atoms with E-state index in [4.69, 9.17) is 11.6 Å². The van der Waals surface area contributed by atoms with Gasteiger partial charge in [-0.1, -0.05) is 41.9 Å². The number of carbonyl (C=O) groups is 1. The molecule has 5 nitrogen and oxygen atoms in total. The van der Waals surface area contributed by atoms with Crippen molar-refractivity contribution < 1.29 is 4.79 Å². The normalized spacial score (nSPS) is 13.3. The minimum absolute atomic E-state index is 0.0267. The van der Waals surface area contributed by atoms with Crippen LogP contribution in [0.3, 0.4) is 0 Å². The smallest absolute Gasteiger partial charge is 0.254 e. The van der Waals surface area contributed by atoms with E-state index in [1.165, 1.54) is 22.5 Å². The first-order valence-corrected chi connectivity index (χ1v) is 9.20. The van der Waals surface area contributed by atoms with Gasteiger partial charge in [-0.2, -0.15) is 0 Å². The van der Waals surface area contributed by atoms with E-state index < -0.39 is 0 Å². The van der Waals surface area contributed by atoms with Crippen molar-refractivity contribution in [2.75, 3.05) is 11.4 Å². The van der Waals surface area contributed by atoms with Crippen LogP contribution < -0.4 is 10.5 Å². The molecule has 0 fully saturated rings. The number of hydrogen-bond acceptors (Lipinski definition) is 3. The van der Waals surface area contributed by atoms with E-state index in [1.54, 1.807) is 17.0 Å². The van der Waals surface area contributed by atoms with Gasteiger partial charge in [-0.25, -0.2) is 4.98 Å². The van der Waals surface area contributed by atoms with Gasteiger partial charge in [0.25, 0.3) is 5.56 Å². The lowest BCUT2D eigenvalue weighted by atomic mass is 10.0. The molecule has 6 heteroatoms. The molecule has 27 heavy (non-hydrogen) atoms. The SMILES string of the molecule is O=C(Cn1cnc(-c2ccc(Cl)cc2)cc1=O)N1CCCc2ccccc21. The maximum absolute atomic E-state index is 12.8. The summed E-state index contributed by atoms with van der Waals surface area (Å²) >= 11 is 5.89. The molecule has 1 aliphatic rings. The summed E-state index contributed by atoms with van der Waals surface area (Å²) in [7, 11) is 0. The van der Waals surface area contributed by atoms with Gasteiger partial charge in [-0.3, -0.25) is 14.2 Å².